The van der Waals surface area contributed by atoms with Crippen LogP contribution in [0.4, 0.5) is 5.69 Å². The van der Waals surface area contributed by atoms with Crippen LogP contribution < -0.4 is 0 Å². The highest BCUT2D eigenvalue weighted by molar-refractivity contribution is 6.03. The lowest BCUT2D eigenvalue weighted by atomic mass is 9.98. The van der Waals surface area contributed by atoms with Gasteiger partial charge in [0.25, 0.3) is 0 Å². The molecule has 0 saturated carbocycles. The highest BCUT2D eigenvalue weighted by atomic mass is 15.1. The smallest absolute Gasteiger partial charge is 0.152 e. The molecule has 3 heteroatoms. The average Bonchev–Trinajstić information content (AvgIpc) is 3.29. The number of para-hydroxylation sites is 1. The lowest BCUT2D eigenvalue weighted by Crippen LogP contribution is -1.97. The standard InChI is InChI=1S/C33H25N3/c1-36-31(23-34-30-20-12-11-19-27(30)24-13-5-2-6-14-24)35-32-28(25-15-7-3-8-16-25)21-22-29(33(32)36)26-17-9-4-10-18-26/h2-23H,1H3/b34-23+. The molecule has 0 fully saturated rings. The fourth-order valence-electron chi connectivity index (χ4n) is 4.73. The van der Waals surface area contributed by atoms with Crippen LogP contribution in [0.2, 0.25) is 0 Å². The number of nitrogens with zero attached hydrogens (tertiary/aromatic N) is 3. The van der Waals surface area contributed by atoms with Gasteiger partial charge in [-0.3, -0.25) is 4.99 Å². The molecule has 6 rings (SSSR count). The molecule has 172 valence electrons. The van der Waals surface area contributed by atoms with Crippen molar-refractivity contribution in [1.29, 1.82) is 0 Å². The first kappa shape index (κ1) is 21.8. The van der Waals surface area contributed by atoms with E-state index in [0.717, 1.165) is 50.4 Å². The van der Waals surface area contributed by atoms with Crippen molar-refractivity contribution in [3.8, 4) is 33.4 Å². The third kappa shape index (κ3) is 4.01. The van der Waals surface area contributed by atoms with Crippen molar-refractivity contribution >= 4 is 22.9 Å². The Labute approximate surface area is 211 Å². The van der Waals surface area contributed by atoms with E-state index in [1.54, 1.807) is 0 Å². The maximum absolute atomic E-state index is 5.11. The summed E-state index contributed by atoms with van der Waals surface area (Å²) >= 11 is 0. The van der Waals surface area contributed by atoms with Gasteiger partial charge < -0.3 is 4.57 Å². The van der Waals surface area contributed by atoms with Crippen molar-refractivity contribution in [2.24, 2.45) is 12.0 Å². The van der Waals surface area contributed by atoms with Gasteiger partial charge in [-0.25, -0.2) is 4.98 Å². The number of aryl methyl sites for hydroxylation is 1. The van der Waals surface area contributed by atoms with Crippen molar-refractivity contribution in [2.75, 3.05) is 0 Å². The number of aliphatic imine (C=N–C) groups is 1. The zero-order valence-electron chi connectivity index (χ0n) is 20.0. The van der Waals surface area contributed by atoms with E-state index >= 15 is 0 Å². The summed E-state index contributed by atoms with van der Waals surface area (Å²) in [6, 6.07) is 43.9. The second kappa shape index (κ2) is 9.47. The number of hydrogen-bond donors (Lipinski definition) is 0. The summed E-state index contributed by atoms with van der Waals surface area (Å²) in [7, 11) is 2.07. The molecule has 0 bridgehead atoms. The van der Waals surface area contributed by atoms with Crippen LogP contribution >= 0.6 is 0 Å². The molecule has 6 aromatic rings. The first-order valence-corrected chi connectivity index (χ1v) is 12.1. The van der Waals surface area contributed by atoms with Crippen molar-refractivity contribution in [2.45, 2.75) is 0 Å². The summed E-state index contributed by atoms with van der Waals surface area (Å²) in [6.07, 6.45) is 1.88. The minimum absolute atomic E-state index is 0.813. The molecule has 1 aromatic heterocycles. The van der Waals surface area contributed by atoms with Crippen molar-refractivity contribution in [1.82, 2.24) is 9.55 Å². The molecule has 0 spiro atoms. The number of aromatic nitrogens is 2. The summed E-state index contributed by atoms with van der Waals surface area (Å²) in [6.45, 7) is 0. The van der Waals surface area contributed by atoms with Gasteiger partial charge in [0.15, 0.2) is 5.82 Å². The molecule has 0 saturated heterocycles. The van der Waals surface area contributed by atoms with Gasteiger partial charge in [0, 0.05) is 23.7 Å². The van der Waals surface area contributed by atoms with Crippen molar-refractivity contribution in [3.05, 3.63) is 133 Å². The van der Waals surface area contributed by atoms with E-state index in [9.17, 15) is 0 Å². The Morgan fingerprint density at radius 1 is 0.556 bits per heavy atom. The molecule has 1 heterocycles. The van der Waals surface area contributed by atoms with Gasteiger partial charge in [0.1, 0.15) is 0 Å². The zero-order chi connectivity index (χ0) is 24.3. The van der Waals surface area contributed by atoms with E-state index in [-0.39, 0.29) is 0 Å². The predicted molar refractivity (Wildman–Crippen MR) is 151 cm³/mol. The largest absolute Gasteiger partial charge is 0.326 e. The summed E-state index contributed by atoms with van der Waals surface area (Å²) < 4.78 is 2.15. The minimum Gasteiger partial charge on any atom is -0.326 e. The lowest BCUT2D eigenvalue weighted by molar-refractivity contribution is 0.935. The van der Waals surface area contributed by atoms with Gasteiger partial charge in [-0.15, -0.1) is 0 Å². The van der Waals surface area contributed by atoms with Crippen LogP contribution in [0.3, 0.4) is 0 Å². The van der Waals surface area contributed by atoms with Crippen LogP contribution in [-0.2, 0) is 7.05 Å². The fraction of sp³-hybridized carbons (Fsp3) is 0.0303. The average molecular weight is 464 g/mol. The van der Waals surface area contributed by atoms with Gasteiger partial charge in [-0.1, -0.05) is 121 Å². The van der Waals surface area contributed by atoms with E-state index in [1.807, 2.05) is 36.5 Å². The van der Waals surface area contributed by atoms with Crippen LogP contribution in [0.1, 0.15) is 5.82 Å². The number of hydrogen-bond acceptors (Lipinski definition) is 2. The Morgan fingerprint density at radius 3 is 1.69 bits per heavy atom. The van der Waals surface area contributed by atoms with Gasteiger partial charge >= 0.3 is 0 Å². The van der Waals surface area contributed by atoms with Gasteiger partial charge in [-0.05, 0) is 22.8 Å². The topological polar surface area (TPSA) is 30.2 Å². The molecule has 5 aromatic carbocycles. The van der Waals surface area contributed by atoms with E-state index in [1.165, 1.54) is 5.56 Å². The molecule has 0 N–H and O–H groups in total. The lowest BCUT2D eigenvalue weighted by Gasteiger charge is -2.10. The normalized spacial score (nSPS) is 11.4. The maximum Gasteiger partial charge on any atom is 0.152 e. The molecule has 0 radical (unpaired) electrons. The Bertz CT molecular complexity index is 1660. The Kier molecular flexibility index (Phi) is 5.72. The Balaban J connectivity index is 1.52. The zero-order valence-corrected chi connectivity index (χ0v) is 20.0. The molecule has 0 unspecified atom stereocenters. The first-order valence-electron chi connectivity index (χ1n) is 12.1. The molecule has 0 aliphatic heterocycles. The highest BCUT2D eigenvalue weighted by Crippen LogP contribution is 2.36. The monoisotopic (exact) mass is 463 g/mol. The molecule has 0 atom stereocenters. The van der Waals surface area contributed by atoms with Gasteiger partial charge in [-0.2, -0.15) is 0 Å². The third-order valence-electron chi connectivity index (χ3n) is 6.53. The third-order valence-corrected chi connectivity index (χ3v) is 6.53. The maximum atomic E-state index is 5.11. The number of benzene rings is 5. The molecule has 36 heavy (non-hydrogen) atoms. The number of rotatable bonds is 5. The summed E-state index contributed by atoms with van der Waals surface area (Å²) in [4.78, 5) is 10.0. The van der Waals surface area contributed by atoms with Crippen molar-refractivity contribution in [3.63, 3.8) is 0 Å². The first-order chi connectivity index (χ1) is 17.8. The summed E-state index contributed by atoms with van der Waals surface area (Å²) in [5.41, 5.74) is 9.83. The molecule has 3 nitrogen and oxygen atoms in total. The summed E-state index contributed by atoms with van der Waals surface area (Å²) in [5, 5.41) is 0. The quantitative estimate of drug-likeness (QED) is 0.236. The van der Waals surface area contributed by atoms with Crippen molar-refractivity contribution < 1.29 is 0 Å². The molecule has 0 aliphatic carbocycles. The van der Waals surface area contributed by atoms with E-state index in [0.29, 0.717) is 0 Å². The molecule has 0 amide bonds. The molecular weight excluding hydrogens is 438 g/mol. The van der Waals surface area contributed by atoms with Crippen LogP contribution in [0.15, 0.2) is 132 Å². The Hall–Kier alpha value is -4.76. The fourth-order valence-corrected chi connectivity index (χ4v) is 4.73. The second-order valence-corrected chi connectivity index (χ2v) is 8.76. The SMILES string of the molecule is Cn1c(/C=N/c2ccccc2-c2ccccc2)nc2c(-c3ccccc3)ccc(-c3ccccc3)c21. The predicted octanol–water partition coefficient (Wildman–Crippen LogP) is 8.32. The summed E-state index contributed by atoms with van der Waals surface area (Å²) in [5.74, 6) is 0.813. The van der Waals surface area contributed by atoms with Gasteiger partial charge in [0.05, 0.1) is 22.9 Å². The highest BCUT2D eigenvalue weighted by Gasteiger charge is 2.16. The Morgan fingerprint density at radius 2 is 1.06 bits per heavy atom. The van der Waals surface area contributed by atoms with Gasteiger partial charge in [0.2, 0.25) is 0 Å². The number of fused-ring (bicyclic) bond motifs is 1. The van der Waals surface area contributed by atoms with E-state index in [4.69, 9.17) is 9.98 Å². The number of imidazole rings is 1. The van der Waals surface area contributed by atoms with Crippen LogP contribution in [0.5, 0.6) is 0 Å². The van der Waals surface area contributed by atoms with Crippen LogP contribution in [0, 0.1) is 0 Å². The van der Waals surface area contributed by atoms with E-state index < -0.39 is 0 Å². The van der Waals surface area contributed by atoms with Crippen LogP contribution in [-0.4, -0.2) is 15.8 Å². The molecule has 0 aliphatic rings. The second-order valence-electron chi connectivity index (χ2n) is 8.76. The van der Waals surface area contributed by atoms with E-state index in [2.05, 4.69) is 109 Å². The minimum atomic E-state index is 0.813. The van der Waals surface area contributed by atoms with Crippen LogP contribution in [0.25, 0.3) is 44.4 Å². The molecular formula is C33H25N3.